The maximum Gasteiger partial charge on any atom is 0.245 e. The van der Waals surface area contributed by atoms with E-state index in [4.69, 9.17) is 0 Å². The molecule has 8 nitrogen and oxygen atoms in total. The van der Waals surface area contributed by atoms with Crippen LogP contribution < -0.4 is 20.7 Å². The molecule has 8 heteroatoms. The van der Waals surface area contributed by atoms with Crippen LogP contribution in [-0.2, 0) is 0 Å². The molecule has 0 aliphatic rings. The lowest BCUT2D eigenvalue weighted by atomic mass is 10.2. The topological polar surface area (TPSA) is 81.0 Å². The molecule has 0 atom stereocenters. The fourth-order valence-corrected chi connectivity index (χ4v) is 2.73. The second-order valence-electron chi connectivity index (χ2n) is 7.43. The molecule has 0 aliphatic carbocycles. The predicted octanol–water partition coefficient (Wildman–Crippen LogP) is 3.81. The number of hydrazone groups is 2. The largest absolute Gasteiger partial charge is 0.378 e. The Bertz CT molecular complexity index is 956. The van der Waals surface area contributed by atoms with Gasteiger partial charge in [-0.15, -0.1) is 0 Å². The fraction of sp³-hybridized carbons (Fsp3) is 0.217. The van der Waals surface area contributed by atoms with Crippen LogP contribution in [0.2, 0.25) is 0 Å². The summed E-state index contributed by atoms with van der Waals surface area (Å²) in [5, 5.41) is 8.50. The first-order valence-electron chi connectivity index (χ1n) is 9.89. The van der Waals surface area contributed by atoms with Crippen LogP contribution in [0.1, 0.15) is 16.8 Å². The highest BCUT2D eigenvalue weighted by atomic mass is 15.4. The first-order valence-corrected chi connectivity index (χ1v) is 9.89. The lowest BCUT2D eigenvalue weighted by molar-refractivity contribution is 1.06. The summed E-state index contributed by atoms with van der Waals surface area (Å²) in [6, 6.07) is 18.0. The summed E-state index contributed by atoms with van der Waals surface area (Å²) in [5.41, 5.74) is 10.9. The Hall–Kier alpha value is -3.94. The number of nitrogens with zero attached hydrogens (tertiary/aromatic N) is 6. The lowest BCUT2D eigenvalue weighted by Gasteiger charge is -2.11. The molecular weight excluding hydrogens is 388 g/mol. The number of aromatic nitrogens is 2. The molecule has 0 aliphatic heterocycles. The molecule has 160 valence electrons. The smallest absolute Gasteiger partial charge is 0.245 e. The first-order chi connectivity index (χ1) is 14.9. The Balaban J connectivity index is 1.60. The van der Waals surface area contributed by atoms with E-state index in [1.807, 2.05) is 89.7 Å². The number of hydrogen-bond acceptors (Lipinski definition) is 8. The number of anilines is 4. The van der Waals surface area contributed by atoms with Crippen LogP contribution in [0.4, 0.5) is 23.1 Å². The van der Waals surface area contributed by atoms with E-state index in [-0.39, 0.29) is 0 Å². The molecule has 3 aromatic rings. The van der Waals surface area contributed by atoms with E-state index < -0.39 is 0 Å². The van der Waals surface area contributed by atoms with E-state index in [0.717, 1.165) is 28.2 Å². The van der Waals surface area contributed by atoms with Gasteiger partial charge in [0.1, 0.15) is 0 Å². The summed E-state index contributed by atoms with van der Waals surface area (Å²) in [7, 11) is 8.05. The van der Waals surface area contributed by atoms with Crippen LogP contribution in [-0.4, -0.2) is 50.6 Å². The maximum atomic E-state index is 4.40. The summed E-state index contributed by atoms with van der Waals surface area (Å²) in [5.74, 6) is 0.982. The Morgan fingerprint density at radius 1 is 0.710 bits per heavy atom. The highest BCUT2D eigenvalue weighted by molar-refractivity contribution is 5.81. The monoisotopic (exact) mass is 416 g/mol. The zero-order valence-electron chi connectivity index (χ0n) is 18.5. The summed E-state index contributed by atoms with van der Waals surface area (Å²) in [4.78, 5) is 12.9. The fourth-order valence-electron chi connectivity index (χ4n) is 2.73. The van der Waals surface area contributed by atoms with Crippen molar-refractivity contribution >= 4 is 35.6 Å². The van der Waals surface area contributed by atoms with Crippen molar-refractivity contribution in [3.63, 3.8) is 0 Å². The van der Waals surface area contributed by atoms with Crippen LogP contribution in [0.3, 0.4) is 0 Å². The lowest BCUT2D eigenvalue weighted by Crippen LogP contribution is -2.08. The molecule has 3 rings (SSSR count). The quantitative estimate of drug-likeness (QED) is 0.429. The summed E-state index contributed by atoms with van der Waals surface area (Å²) >= 11 is 0. The number of nitrogens with one attached hydrogen (secondary N) is 2. The minimum atomic E-state index is 0.397. The average molecular weight is 417 g/mol. The maximum absolute atomic E-state index is 4.40. The van der Waals surface area contributed by atoms with Crippen LogP contribution in [0, 0.1) is 6.92 Å². The molecule has 0 saturated heterocycles. The van der Waals surface area contributed by atoms with Gasteiger partial charge in [0.2, 0.25) is 5.95 Å². The molecule has 0 spiro atoms. The Labute approximate surface area is 183 Å². The van der Waals surface area contributed by atoms with Gasteiger partial charge in [-0.3, -0.25) is 5.43 Å². The molecule has 0 unspecified atom stereocenters. The Kier molecular flexibility index (Phi) is 7.16. The number of hydrogen-bond donors (Lipinski definition) is 2. The summed E-state index contributed by atoms with van der Waals surface area (Å²) in [6.07, 6.45) is 3.48. The summed E-state index contributed by atoms with van der Waals surface area (Å²) < 4.78 is 0. The van der Waals surface area contributed by atoms with Crippen molar-refractivity contribution in [2.75, 3.05) is 48.8 Å². The zero-order valence-corrected chi connectivity index (χ0v) is 18.5. The number of benzene rings is 2. The predicted molar refractivity (Wildman–Crippen MR) is 131 cm³/mol. The van der Waals surface area contributed by atoms with Crippen molar-refractivity contribution in [2.24, 2.45) is 10.2 Å². The third-order valence-electron chi connectivity index (χ3n) is 4.44. The second-order valence-corrected chi connectivity index (χ2v) is 7.43. The third-order valence-corrected chi connectivity index (χ3v) is 4.44. The van der Waals surface area contributed by atoms with Gasteiger partial charge in [-0.2, -0.15) is 15.2 Å². The van der Waals surface area contributed by atoms with E-state index in [0.29, 0.717) is 11.8 Å². The van der Waals surface area contributed by atoms with E-state index in [1.54, 1.807) is 12.4 Å². The van der Waals surface area contributed by atoms with Gasteiger partial charge >= 0.3 is 0 Å². The molecule has 1 aromatic heterocycles. The zero-order chi connectivity index (χ0) is 22.2. The summed E-state index contributed by atoms with van der Waals surface area (Å²) in [6.45, 7) is 1.89. The number of aryl methyl sites for hydroxylation is 1. The van der Waals surface area contributed by atoms with Crippen LogP contribution in [0.25, 0.3) is 0 Å². The number of rotatable bonds is 8. The molecule has 0 radical (unpaired) electrons. The third kappa shape index (κ3) is 6.53. The van der Waals surface area contributed by atoms with Crippen molar-refractivity contribution in [3.05, 3.63) is 71.4 Å². The van der Waals surface area contributed by atoms with Gasteiger partial charge < -0.3 is 9.80 Å². The SMILES string of the molecule is Cc1cc(NN=Cc2ccc(N(C)C)cc2)nc(NN=Cc2ccc(N(C)C)cc2)n1. The van der Waals surface area contributed by atoms with Gasteiger partial charge in [0.05, 0.1) is 12.4 Å². The van der Waals surface area contributed by atoms with Crippen molar-refractivity contribution < 1.29 is 0 Å². The van der Waals surface area contributed by atoms with Crippen molar-refractivity contribution in [1.29, 1.82) is 0 Å². The Morgan fingerprint density at radius 3 is 1.68 bits per heavy atom. The minimum absolute atomic E-state index is 0.397. The second kappa shape index (κ2) is 10.2. The standard InChI is InChI=1S/C23H28N8/c1-17-14-22(28-24-15-18-6-10-20(11-7-18)30(2)3)27-23(26-17)29-25-16-19-8-12-21(13-9-19)31(4)5/h6-16H,1-5H3,(H2,26,27,28,29). The highest BCUT2D eigenvalue weighted by Crippen LogP contribution is 2.13. The van der Waals surface area contributed by atoms with Gasteiger partial charge in [0.25, 0.3) is 0 Å². The van der Waals surface area contributed by atoms with E-state index >= 15 is 0 Å². The molecule has 0 saturated carbocycles. The van der Waals surface area contributed by atoms with E-state index in [9.17, 15) is 0 Å². The Morgan fingerprint density at radius 2 is 1.19 bits per heavy atom. The van der Waals surface area contributed by atoms with Crippen LogP contribution in [0.15, 0.2) is 64.8 Å². The van der Waals surface area contributed by atoms with Crippen LogP contribution in [0.5, 0.6) is 0 Å². The minimum Gasteiger partial charge on any atom is -0.378 e. The average Bonchev–Trinajstić information content (AvgIpc) is 2.74. The molecule has 2 N–H and O–H groups in total. The molecule has 2 aromatic carbocycles. The molecule has 0 fully saturated rings. The van der Waals surface area contributed by atoms with Crippen molar-refractivity contribution in [2.45, 2.75) is 6.92 Å². The van der Waals surface area contributed by atoms with E-state index in [1.165, 1.54) is 0 Å². The first kappa shape index (κ1) is 21.8. The normalized spacial score (nSPS) is 11.1. The van der Waals surface area contributed by atoms with Gasteiger partial charge in [0, 0.05) is 51.3 Å². The molecular formula is C23H28N8. The highest BCUT2D eigenvalue weighted by Gasteiger charge is 2.01. The van der Waals surface area contributed by atoms with Gasteiger partial charge in [-0.05, 0) is 42.3 Å². The molecule has 1 heterocycles. The van der Waals surface area contributed by atoms with Gasteiger partial charge in [-0.1, -0.05) is 24.3 Å². The van der Waals surface area contributed by atoms with Crippen molar-refractivity contribution in [1.82, 2.24) is 9.97 Å². The van der Waals surface area contributed by atoms with Crippen LogP contribution >= 0.6 is 0 Å². The molecule has 0 amide bonds. The van der Waals surface area contributed by atoms with E-state index in [2.05, 4.69) is 40.8 Å². The van der Waals surface area contributed by atoms with Crippen molar-refractivity contribution in [3.8, 4) is 0 Å². The molecule has 0 bridgehead atoms. The van der Waals surface area contributed by atoms with Gasteiger partial charge in [0.15, 0.2) is 5.82 Å². The molecule has 31 heavy (non-hydrogen) atoms. The van der Waals surface area contributed by atoms with Gasteiger partial charge in [-0.25, -0.2) is 10.4 Å².